The van der Waals surface area contributed by atoms with Crippen molar-refractivity contribution < 1.29 is 9.53 Å². The second-order valence-corrected chi connectivity index (χ2v) is 6.51. The summed E-state index contributed by atoms with van der Waals surface area (Å²) in [6.45, 7) is 0. The Morgan fingerprint density at radius 1 is 1.23 bits per heavy atom. The maximum atomic E-state index is 11.6. The minimum absolute atomic E-state index is 0.0967. The normalized spacial score (nSPS) is 11.0. The Kier molecular flexibility index (Phi) is 6.04. The molecular weight excluding hydrogens is 372 g/mol. The van der Waals surface area contributed by atoms with E-state index in [0.717, 1.165) is 16.9 Å². The summed E-state index contributed by atoms with van der Waals surface area (Å²) in [5.74, 6) is 1.40. The second-order valence-electron chi connectivity index (χ2n) is 5.20. The van der Waals surface area contributed by atoms with Crippen LogP contribution in [0.1, 0.15) is 21.6 Å². The smallest absolute Gasteiger partial charge is 0.275 e. The molecule has 1 aromatic heterocycles. The highest BCUT2D eigenvalue weighted by atomic mass is 35.5. The first-order chi connectivity index (χ1) is 12.7. The lowest BCUT2D eigenvalue weighted by Crippen LogP contribution is -1.98. The molecule has 0 N–H and O–H groups in total. The van der Waals surface area contributed by atoms with Crippen LogP contribution >= 0.6 is 23.4 Å². The van der Waals surface area contributed by atoms with Gasteiger partial charge in [0.2, 0.25) is 0 Å². The van der Waals surface area contributed by atoms with E-state index in [-0.39, 0.29) is 5.69 Å². The highest BCUT2D eigenvalue weighted by molar-refractivity contribution is 7.98. The monoisotopic (exact) mass is 386 g/mol. The Morgan fingerprint density at radius 2 is 1.96 bits per heavy atom. The van der Waals surface area contributed by atoms with Crippen LogP contribution in [0.15, 0.2) is 64.7 Å². The van der Waals surface area contributed by atoms with Gasteiger partial charge in [-0.15, -0.1) is 9.89 Å². The summed E-state index contributed by atoms with van der Waals surface area (Å²) >= 11 is 7.02. The van der Waals surface area contributed by atoms with E-state index in [0.29, 0.717) is 10.8 Å². The minimum Gasteiger partial charge on any atom is -0.497 e. The molecule has 0 bridgehead atoms. The Bertz CT molecular complexity index is 911. The zero-order chi connectivity index (χ0) is 18.4. The van der Waals surface area contributed by atoms with Gasteiger partial charge in [-0.05, 0) is 52.2 Å². The SMILES string of the molecule is COc1ccc(/C=N/n2nnc(C(=O)Cl)c2SCc2ccccc2)cc1. The van der Waals surface area contributed by atoms with Gasteiger partial charge in [-0.2, -0.15) is 5.10 Å². The standard InChI is InChI=1S/C18H15ClN4O2S/c1-25-15-9-7-13(8-10-15)11-20-23-18(16(17(19)24)21-22-23)26-12-14-5-3-2-4-6-14/h2-11H,12H2,1H3/b20-11+. The number of hydrogen-bond acceptors (Lipinski definition) is 6. The second kappa shape index (κ2) is 8.64. The fourth-order valence-corrected chi connectivity index (χ4v) is 3.28. The van der Waals surface area contributed by atoms with Crippen molar-refractivity contribution in [3.63, 3.8) is 0 Å². The number of nitrogens with zero attached hydrogens (tertiary/aromatic N) is 4. The van der Waals surface area contributed by atoms with Crippen LogP contribution in [0.3, 0.4) is 0 Å². The zero-order valence-corrected chi connectivity index (χ0v) is 15.4. The molecule has 0 aliphatic rings. The van der Waals surface area contributed by atoms with Crippen molar-refractivity contribution in [3.8, 4) is 5.75 Å². The number of rotatable bonds is 7. The highest BCUT2D eigenvalue weighted by Crippen LogP contribution is 2.26. The fraction of sp³-hybridized carbons (Fsp3) is 0.111. The van der Waals surface area contributed by atoms with E-state index in [4.69, 9.17) is 16.3 Å². The lowest BCUT2D eigenvalue weighted by Gasteiger charge is -2.03. The van der Waals surface area contributed by atoms with E-state index in [9.17, 15) is 4.79 Å². The summed E-state index contributed by atoms with van der Waals surface area (Å²) in [4.78, 5) is 12.9. The number of carbonyl (C=O) groups is 1. The predicted octanol–water partition coefficient (Wildman–Crippen LogP) is 3.84. The topological polar surface area (TPSA) is 69.4 Å². The van der Waals surface area contributed by atoms with E-state index in [2.05, 4.69) is 15.4 Å². The number of ether oxygens (including phenoxy) is 1. The Hall–Kier alpha value is -2.64. The quantitative estimate of drug-likeness (QED) is 0.350. The summed E-state index contributed by atoms with van der Waals surface area (Å²) < 4.78 is 5.13. The number of halogens is 1. The summed E-state index contributed by atoms with van der Waals surface area (Å²) in [7, 11) is 1.61. The number of carbonyl (C=O) groups excluding carboxylic acids is 1. The number of hydrogen-bond donors (Lipinski definition) is 0. The van der Waals surface area contributed by atoms with Crippen LogP contribution in [0.4, 0.5) is 0 Å². The van der Waals surface area contributed by atoms with Crippen LogP contribution in [0.25, 0.3) is 0 Å². The summed E-state index contributed by atoms with van der Waals surface area (Å²) in [6.07, 6.45) is 1.63. The Balaban J connectivity index is 1.81. The molecule has 0 fully saturated rings. The number of aromatic nitrogens is 3. The van der Waals surface area contributed by atoms with Crippen LogP contribution < -0.4 is 4.74 Å². The van der Waals surface area contributed by atoms with Gasteiger partial charge in [0, 0.05) is 5.75 Å². The van der Waals surface area contributed by atoms with E-state index in [1.54, 1.807) is 13.3 Å². The van der Waals surface area contributed by atoms with Crippen molar-refractivity contribution in [2.45, 2.75) is 10.8 Å². The summed E-state index contributed by atoms with van der Waals surface area (Å²) in [6, 6.07) is 17.3. The molecule has 3 rings (SSSR count). The van der Waals surface area contributed by atoms with Crippen LogP contribution in [0.2, 0.25) is 0 Å². The minimum atomic E-state index is -0.661. The van der Waals surface area contributed by atoms with Gasteiger partial charge in [0.1, 0.15) is 5.75 Å². The molecule has 0 radical (unpaired) electrons. The van der Waals surface area contributed by atoms with Crippen LogP contribution in [-0.4, -0.2) is 33.7 Å². The van der Waals surface area contributed by atoms with Gasteiger partial charge >= 0.3 is 0 Å². The number of thioether (sulfide) groups is 1. The molecule has 1 heterocycles. The van der Waals surface area contributed by atoms with Gasteiger partial charge < -0.3 is 4.74 Å². The largest absolute Gasteiger partial charge is 0.497 e. The molecule has 2 aromatic carbocycles. The third-order valence-electron chi connectivity index (χ3n) is 3.45. The van der Waals surface area contributed by atoms with Gasteiger partial charge in [-0.1, -0.05) is 42.1 Å². The van der Waals surface area contributed by atoms with Crippen LogP contribution in [0.5, 0.6) is 5.75 Å². The summed E-state index contributed by atoms with van der Waals surface area (Å²) in [5.41, 5.74) is 2.07. The third kappa shape index (κ3) is 4.50. The van der Waals surface area contributed by atoms with Gasteiger partial charge in [0.15, 0.2) is 10.7 Å². The average Bonchev–Trinajstić information content (AvgIpc) is 3.09. The van der Waals surface area contributed by atoms with Crippen molar-refractivity contribution >= 4 is 34.8 Å². The van der Waals surface area contributed by atoms with Crippen LogP contribution in [-0.2, 0) is 5.75 Å². The molecule has 6 nitrogen and oxygen atoms in total. The molecule has 0 aliphatic carbocycles. The first kappa shape index (κ1) is 18.2. The fourth-order valence-electron chi connectivity index (χ4n) is 2.13. The van der Waals surface area contributed by atoms with Gasteiger partial charge in [0.25, 0.3) is 5.24 Å². The maximum Gasteiger partial charge on any atom is 0.275 e. The maximum absolute atomic E-state index is 11.6. The van der Waals surface area contributed by atoms with E-state index >= 15 is 0 Å². The molecule has 132 valence electrons. The lowest BCUT2D eigenvalue weighted by molar-refractivity contribution is 0.107. The molecule has 8 heteroatoms. The zero-order valence-electron chi connectivity index (χ0n) is 13.9. The summed E-state index contributed by atoms with van der Waals surface area (Å²) in [5, 5.41) is 11.9. The van der Waals surface area contributed by atoms with Crippen molar-refractivity contribution in [2.24, 2.45) is 5.10 Å². The molecule has 0 saturated heterocycles. The molecule has 0 amide bonds. The lowest BCUT2D eigenvalue weighted by atomic mass is 10.2. The van der Waals surface area contributed by atoms with E-state index < -0.39 is 5.24 Å². The number of methoxy groups -OCH3 is 1. The predicted molar refractivity (Wildman–Crippen MR) is 102 cm³/mol. The van der Waals surface area contributed by atoms with E-state index in [1.807, 2.05) is 54.6 Å². The van der Waals surface area contributed by atoms with Crippen molar-refractivity contribution in [2.75, 3.05) is 7.11 Å². The Morgan fingerprint density at radius 3 is 2.62 bits per heavy atom. The molecule has 0 aliphatic heterocycles. The van der Waals surface area contributed by atoms with Crippen molar-refractivity contribution in [1.29, 1.82) is 0 Å². The van der Waals surface area contributed by atoms with Gasteiger partial charge in [0.05, 0.1) is 13.3 Å². The molecule has 0 unspecified atom stereocenters. The van der Waals surface area contributed by atoms with Gasteiger partial charge in [-0.3, -0.25) is 4.79 Å². The Labute approximate surface area is 159 Å². The third-order valence-corrected chi connectivity index (χ3v) is 4.74. The van der Waals surface area contributed by atoms with E-state index in [1.165, 1.54) is 16.6 Å². The molecule has 3 aromatic rings. The molecule has 0 saturated carbocycles. The molecule has 26 heavy (non-hydrogen) atoms. The average molecular weight is 387 g/mol. The van der Waals surface area contributed by atoms with Gasteiger partial charge in [-0.25, -0.2) is 0 Å². The first-order valence-electron chi connectivity index (χ1n) is 7.68. The van der Waals surface area contributed by atoms with Crippen molar-refractivity contribution in [1.82, 2.24) is 15.1 Å². The molecule has 0 spiro atoms. The number of benzene rings is 2. The van der Waals surface area contributed by atoms with Crippen LogP contribution in [0, 0.1) is 0 Å². The molecule has 0 atom stereocenters. The highest BCUT2D eigenvalue weighted by Gasteiger charge is 2.18. The molecular formula is C18H15ClN4O2S. The first-order valence-corrected chi connectivity index (χ1v) is 9.04. The van der Waals surface area contributed by atoms with Crippen molar-refractivity contribution in [3.05, 3.63) is 71.4 Å².